The molecule has 0 unspecified atom stereocenters. The van der Waals surface area contributed by atoms with Crippen molar-refractivity contribution in [3.63, 3.8) is 0 Å². The van der Waals surface area contributed by atoms with Crippen molar-refractivity contribution in [1.29, 1.82) is 0 Å². The highest BCUT2D eigenvalue weighted by atomic mass is 16.3. The van der Waals surface area contributed by atoms with Gasteiger partial charge in [0.2, 0.25) is 0 Å². The second-order valence-electron chi connectivity index (χ2n) is 3.79. The molecule has 0 aromatic heterocycles. The van der Waals surface area contributed by atoms with Crippen molar-refractivity contribution in [3.05, 3.63) is 4.91 Å². The average molecular weight is 185 g/mol. The van der Waals surface area contributed by atoms with Crippen molar-refractivity contribution in [2.75, 3.05) is 0 Å². The Morgan fingerprint density at radius 2 is 1.92 bits per heavy atom. The SMILES string of the molecule is CC1(N(N=O)C(N)=O)CCCCC1. The number of urea groups is 1. The minimum atomic E-state index is -0.751. The van der Waals surface area contributed by atoms with Gasteiger partial charge in [-0.05, 0) is 19.8 Å². The monoisotopic (exact) mass is 185 g/mol. The number of primary amides is 1. The summed E-state index contributed by atoms with van der Waals surface area (Å²) < 4.78 is 0. The Kier molecular flexibility index (Phi) is 2.85. The predicted molar refractivity (Wildman–Crippen MR) is 48.7 cm³/mol. The molecule has 0 heterocycles. The van der Waals surface area contributed by atoms with E-state index in [4.69, 9.17) is 5.73 Å². The van der Waals surface area contributed by atoms with Crippen LogP contribution < -0.4 is 5.73 Å². The van der Waals surface area contributed by atoms with Crippen LogP contribution in [0.3, 0.4) is 0 Å². The van der Waals surface area contributed by atoms with Gasteiger partial charge in [-0.2, -0.15) is 5.01 Å². The lowest BCUT2D eigenvalue weighted by Crippen LogP contribution is -2.49. The summed E-state index contributed by atoms with van der Waals surface area (Å²) in [5, 5.41) is 3.57. The number of carbonyl (C=O) groups excluding carboxylic acids is 1. The van der Waals surface area contributed by atoms with Crippen molar-refractivity contribution < 1.29 is 4.79 Å². The van der Waals surface area contributed by atoms with Gasteiger partial charge in [0.05, 0.1) is 10.8 Å². The summed E-state index contributed by atoms with van der Waals surface area (Å²) in [5.74, 6) is 0. The van der Waals surface area contributed by atoms with Crippen LogP contribution in [-0.2, 0) is 0 Å². The first-order valence-corrected chi connectivity index (χ1v) is 4.53. The van der Waals surface area contributed by atoms with Crippen molar-refractivity contribution in [3.8, 4) is 0 Å². The summed E-state index contributed by atoms with van der Waals surface area (Å²) in [4.78, 5) is 21.3. The molecule has 0 spiro atoms. The van der Waals surface area contributed by atoms with Gasteiger partial charge in [0.1, 0.15) is 0 Å². The van der Waals surface area contributed by atoms with Gasteiger partial charge in [0.25, 0.3) is 0 Å². The fraction of sp³-hybridized carbons (Fsp3) is 0.875. The molecule has 1 saturated carbocycles. The molecule has 2 N–H and O–H groups in total. The summed E-state index contributed by atoms with van der Waals surface area (Å²) in [5.41, 5.74) is 4.60. The molecule has 1 fully saturated rings. The fourth-order valence-corrected chi connectivity index (χ4v) is 1.93. The molecule has 74 valence electrons. The smallest absolute Gasteiger partial charge is 0.338 e. The number of carbonyl (C=O) groups is 1. The molecule has 1 aliphatic rings. The van der Waals surface area contributed by atoms with Gasteiger partial charge in [0, 0.05) is 0 Å². The van der Waals surface area contributed by atoms with E-state index < -0.39 is 11.6 Å². The van der Waals surface area contributed by atoms with Crippen LogP contribution in [0.1, 0.15) is 39.0 Å². The standard InChI is InChI=1S/C8H15N3O2/c1-8(5-3-2-4-6-8)11(10-13)7(9)12/h2-6H2,1H3,(H2,9,12). The molecule has 0 bridgehead atoms. The molecule has 5 heteroatoms. The van der Waals surface area contributed by atoms with Gasteiger partial charge in [-0.25, -0.2) is 4.79 Å². The van der Waals surface area contributed by atoms with E-state index in [1.165, 1.54) is 0 Å². The van der Waals surface area contributed by atoms with Gasteiger partial charge >= 0.3 is 6.03 Å². The van der Waals surface area contributed by atoms with E-state index in [1.807, 2.05) is 6.92 Å². The molecule has 1 aliphatic carbocycles. The van der Waals surface area contributed by atoms with Crippen molar-refractivity contribution in [2.45, 2.75) is 44.6 Å². The average Bonchev–Trinajstić information content (AvgIpc) is 2.05. The molecular weight excluding hydrogens is 170 g/mol. The second kappa shape index (κ2) is 3.72. The minimum Gasteiger partial charge on any atom is -0.350 e. The van der Waals surface area contributed by atoms with Crippen molar-refractivity contribution in [2.24, 2.45) is 11.0 Å². The van der Waals surface area contributed by atoms with Crippen LogP contribution in [0.5, 0.6) is 0 Å². The van der Waals surface area contributed by atoms with E-state index >= 15 is 0 Å². The van der Waals surface area contributed by atoms with Crippen molar-refractivity contribution >= 4 is 6.03 Å². The summed E-state index contributed by atoms with van der Waals surface area (Å²) in [6.45, 7) is 1.86. The molecule has 13 heavy (non-hydrogen) atoms. The van der Waals surface area contributed by atoms with Crippen LogP contribution in [0, 0.1) is 4.91 Å². The third kappa shape index (κ3) is 1.96. The van der Waals surface area contributed by atoms with Gasteiger partial charge < -0.3 is 5.73 Å². The van der Waals surface area contributed by atoms with E-state index in [0.29, 0.717) is 0 Å². The lowest BCUT2D eigenvalue weighted by Gasteiger charge is -2.37. The predicted octanol–water partition coefficient (Wildman–Crippen LogP) is 1.77. The zero-order chi connectivity index (χ0) is 9.90. The van der Waals surface area contributed by atoms with Crippen LogP contribution in [0.4, 0.5) is 4.79 Å². The first-order chi connectivity index (χ1) is 6.10. The third-order valence-corrected chi connectivity index (χ3v) is 2.73. The number of rotatable bonds is 2. The number of hydrogen-bond donors (Lipinski definition) is 1. The van der Waals surface area contributed by atoms with Gasteiger partial charge in [-0.3, -0.25) is 0 Å². The number of amides is 2. The van der Waals surface area contributed by atoms with E-state index in [9.17, 15) is 9.70 Å². The summed E-state index contributed by atoms with van der Waals surface area (Å²) in [6, 6.07) is -0.751. The maximum atomic E-state index is 10.9. The Hall–Kier alpha value is -1.13. The van der Waals surface area contributed by atoms with Crippen LogP contribution in [0.15, 0.2) is 5.29 Å². The third-order valence-electron chi connectivity index (χ3n) is 2.73. The number of hydrogen-bond acceptors (Lipinski definition) is 3. The molecule has 0 saturated heterocycles. The van der Waals surface area contributed by atoms with Gasteiger partial charge in [0.15, 0.2) is 0 Å². The minimum absolute atomic E-state index is 0.453. The van der Waals surface area contributed by atoms with Crippen LogP contribution in [0.2, 0.25) is 0 Å². The summed E-state index contributed by atoms with van der Waals surface area (Å²) >= 11 is 0. The molecule has 1 rings (SSSR count). The maximum Gasteiger partial charge on any atom is 0.338 e. The first-order valence-electron chi connectivity index (χ1n) is 4.53. The molecule has 2 amide bonds. The molecule has 5 nitrogen and oxygen atoms in total. The highest BCUT2D eigenvalue weighted by Gasteiger charge is 2.36. The van der Waals surface area contributed by atoms with E-state index in [-0.39, 0.29) is 0 Å². The van der Waals surface area contributed by atoms with E-state index in [2.05, 4.69) is 5.29 Å². The lowest BCUT2D eigenvalue weighted by atomic mass is 9.83. The van der Waals surface area contributed by atoms with Gasteiger partial charge in [-0.1, -0.05) is 19.3 Å². The number of nitrogens with zero attached hydrogens (tertiary/aromatic N) is 2. The lowest BCUT2D eigenvalue weighted by molar-refractivity contribution is 0.0983. The topological polar surface area (TPSA) is 75.8 Å². The highest BCUT2D eigenvalue weighted by molar-refractivity contribution is 5.72. The van der Waals surface area contributed by atoms with Crippen LogP contribution >= 0.6 is 0 Å². The molecule has 0 aliphatic heterocycles. The van der Waals surface area contributed by atoms with Crippen LogP contribution in [-0.4, -0.2) is 16.6 Å². The summed E-state index contributed by atoms with van der Waals surface area (Å²) in [6.07, 6.45) is 4.82. The fourth-order valence-electron chi connectivity index (χ4n) is 1.93. The Bertz CT molecular complexity index is 211. The number of nitroso groups, excluding NO2 is 1. The maximum absolute atomic E-state index is 10.9. The molecule has 0 aromatic rings. The summed E-state index contributed by atoms with van der Waals surface area (Å²) in [7, 11) is 0. The quantitative estimate of drug-likeness (QED) is 0.525. The molecule has 0 radical (unpaired) electrons. The Morgan fingerprint density at radius 3 is 2.31 bits per heavy atom. The van der Waals surface area contributed by atoms with Crippen LogP contribution in [0.25, 0.3) is 0 Å². The van der Waals surface area contributed by atoms with Crippen molar-refractivity contribution in [1.82, 2.24) is 5.01 Å². The second-order valence-corrected chi connectivity index (χ2v) is 3.79. The zero-order valence-electron chi connectivity index (χ0n) is 7.82. The zero-order valence-corrected chi connectivity index (χ0v) is 7.82. The number of nitrogens with two attached hydrogens (primary N) is 1. The largest absolute Gasteiger partial charge is 0.350 e. The van der Waals surface area contributed by atoms with Gasteiger partial charge in [-0.15, -0.1) is 4.91 Å². The first kappa shape index (κ1) is 9.95. The highest BCUT2D eigenvalue weighted by Crippen LogP contribution is 2.33. The molecule has 0 atom stereocenters. The normalized spacial score (nSPS) is 20.7. The molecular formula is C8H15N3O2. The van der Waals surface area contributed by atoms with E-state index in [1.54, 1.807) is 0 Å². The Balaban J connectivity index is 2.74. The Labute approximate surface area is 77.2 Å². The Morgan fingerprint density at radius 1 is 1.38 bits per heavy atom. The van der Waals surface area contributed by atoms with E-state index in [0.717, 1.165) is 37.1 Å². The molecule has 0 aromatic carbocycles.